The molecule has 0 bridgehead atoms. The van der Waals surface area contributed by atoms with Crippen LogP contribution in [0.15, 0.2) is 11.8 Å². The lowest BCUT2D eigenvalue weighted by Crippen LogP contribution is -2.29. The highest BCUT2D eigenvalue weighted by molar-refractivity contribution is 4.95. The molecule has 1 rings (SSSR count). The maximum atomic E-state index is 3.53. The highest BCUT2D eigenvalue weighted by atomic mass is 14.9. The molecule has 0 aliphatic heterocycles. The third-order valence-corrected chi connectivity index (χ3v) is 2.47. The van der Waals surface area contributed by atoms with E-state index in [-0.39, 0.29) is 0 Å². The highest BCUT2D eigenvalue weighted by Gasteiger charge is 2.11. The fraction of sp³-hybridized carbons (Fsp3) is 0.800. The molecule has 1 heteroatoms. The topological polar surface area (TPSA) is 12.0 Å². The molecule has 1 nitrogen and oxygen atoms in total. The molecule has 0 aromatic heterocycles. The van der Waals surface area contributed by atoms with Crippen molar-refractivity contribution in [1.82, 2.24) is 5.32 Å². The fourth-order valence-corrected chi connectivity index (χ4v) is 1.65. The summed E-state index contributed by atoms with van der Waals surface area (Å²) in [5.74, 6) is 0. The number of rotatable bonds is 2. The molecule has 0 radical (unpaired) electrons. The van der Waals surface area contributed by atoms with E-state index in [1.54, 1.807) is 0 Å². The van der Waals surface area contributed by atoms with Crippen molar-refractivity contribution in [3.05, 3.63) is 11.8 Å². The summed E-state index contributed by atoms with van der Waals surface area (Å²) < 4.78 is 0. The molecule has 0 saturated heterocycles. The van der Waals surface area contributed by atoms with E-state index in [0.717, 1.165) is 6.04 Å². The lowest BCUT2D eigenvalue weighted by molar-refractivity contribution is 0.396. The molecule has 0 aromatic rings. The Kier molecular flexibility index (Phi) is 3.47. The van der Waals surface area contributed by atoms with Crippen LogP contribution in [0.4, 0.5) is 0 Å². The van der Waals surface area contributed by atoms with E-state index in [1.165, 1.54) is 37.8 Å². The normalized spacial score (nSPS) is 21.8. The van der Waals surface area contributed by atoms with E-state index in [1.807, 2.05) is 0 Å². The molecule has 64 valence electrons. The number of allylic oxidation sites excluding steroid dienone is 2. The molecule has 1 saturated carbocycles. The standard InChI is InChI=1S/C10H19N/c1-3-9(2)11-10-7-5-4-6-8-10/h3,10-11H,4-8H2,1-2H3. The van der Waals surface area contributed by atoms with Crippen LogP contribution in [0, 0.1) is 0 Å². The van der Waals surface area contributed by atoms with Crippen LogP contribution in [0.1, 0.15) is 46.0 Å². The minimum absolute atomic E-state index is 0.764. The van der Waals surface area contributed by atoms with Crippen LogP contribution in [-0.4, -0.2) is 6.04 Å². The van der Waals surface area contributed by atoms with Gasteiger partial charge in [0, 0.05) is 11.7 Å². The summed E-state index contributed by atoms with van der Waals surface area (Å²) in [5, 5.41) is 3.53. The second kappa shape index (κ2) is 4.42. The number of hydrogen-bond donors (Lipinski definition) is 1. The van der Waals surface area contributed by atoms with Gasteiger partial charge in [-0.05, 0) is 26.7 Å². The Morgan fingerprint density at radius 2 is 1.91 bits per heavy atom. The first-order chi connectivity index (χ1) is 5.33. The van der Waals surface area contributed by atoms with E-state index in [0.29, 0.717) is 0 Å². The van der Waals surface area contributed by atoms with Crippen LogP contribution < -0.4 is 5.32 Å². The third kappa shape index (κ3) is 2.96. The average molecular weight is 153 g/mol. The summed E-state index contributed by atoms with van der Waals surface area (Å²) in [6.07, 6.45) is 9.14. The Labute approximate surface area is 69.9 Å². The fourth-order valence-electron chi connectivity index (χ4n) is 1.65. The summed E-state index contributed by atoms with van der Waals surface area (Å²) in [6, 6.07) is 0.764. The van der Waals surface area contributed by atoms with E-state index >= 15 is 0 Å². The van der Waals surface area contributed by atoms with Crippen molar-refractivity contribution in [3.8, 4) is 0 Å². The Bertz CT molecular complexity index is 132. The van der Waals surface area contributed by atoms with Gasteiger partial charge in [0.15, 0.2) is 0 Å². The van der Waals surface area contributed by atoms with Gasteiger partial charge in [-0.25, -0.2) is 0 Å². The monoisotopic (exact) mass is 153 g/mol. The molecule has 1 N–H and O–H groups in total. The molecular weight excluding hydrogens is 134 g/mol. The van der Waals surface area contributed by atoms with Gasteiger partial charge in [-0.15, -0.1) is 0 Å². The summed E-state index contributed by atoms with van der Waals surface area (Å²) in [6.45, 7) is 4.24. The molecule has 1 fully saturated rings. The van der Waals surface area contributed by atoms with Gasteiger partial charge in [0.2, 0.25) is 0 Å². The first kappa shape index (κ1) is 8.63. The first-order valence-corrected chi connectivity index (χ1v) is 4.72. The molecule has 0 heterocycles. The van der Waals surface area contributed by atoms with Gasteiger partial charge in [0.05, 0.1) is 0 Å². The SMILES string of the molecule is CC=C(C)NC1CCCCC1. The predicted molar refractivity (Wildman–Crippen MR) is 49.4 cm³/mol. The second-order valence-electron chi connectivity index (χ2n) is 3.45. The van der Waals surface area contributed by atoms with Gasteiger partial charge in [0.25, 0.3) is 0 Å². The van der Waals surface area contributed by atoms with Gasteiger partial charge in [0.1, 0.15) is 0 Å². The lowest BCUT2D eigenvalue weighted by atomic mass is 9.95. The molecular formula is C10H19N. The smallest absolute Gasteiger partial charge is 0.0258 e. The average Bonchev–Trinajstić information content (AvgIpc) is 2.06. The minimum Gasteiger partial charge on any atom is -0.386 e. The molecule has 1 aliphatic rings. The van der Waals surface area contributed by atoms with E-state index in [2.05, 4.69) is 25.2 Å². The highest BCUT2D eigenvalue weighted by Crippen LogP contribution is 2.17. The Morgan fingerprint density at radius 1 is 1.27 bits per heavy atom. The van der Waals surface area contributed by atoms with Crippen LogP contribution in [0.5, 0.6) is 0 Å². The second-order valence-corrected chi connectivity index (χ2v) is 3.45. The van der Waals surface area contributed by atoms with E-state index in [4.69, 9.17) is 0 Å². The van der Waals surface area contributed by atoms with Crippen LogP contribution in [-0.2, 0) is 0 Å². The van der Waals surface area contributed by atoms with Crippen LogP contribution in [0.2, 0.25) is 0 Å². The molecule has 0 atom stereocenters. The van der Waals surface area contributed by atoms with E-state index < -0.39 is 0 Å². The zero-order chi connectivity index (χ0) is 8.10. The lowest BCUT2D eigenvalue weighted by Gasteiger charge is -2.23. The number of hydrogen-bond acceptors (Lipinski definition) is 1. The van der Waals surface area contributed by atoms with Crippen molar-refractivity contribution in [3.63, 3.8) is 0 Å². The molecule has 0 aromatic carbocycles. The molecule has 1 aliphatic carbocycles. The predicted octanol–water partition coefficient (Wildman–Crippen LogP) is 2.83. The summed E-state index contributed by atoms with van der Waals surface area (Å²) in [7, 11) is 0. The van der Waals surface area contributed by atoms with Gasteiger partial charge >= 0.3 is 0 Å². The van der Waals surface area contributed by atoms with Gasteiger partial charge < -0.3 is 5.32 Å². The van der Waals surface area contributed by atoms with Crippen molar-refractivity contribution in [2.45, 2.75) is 52.0 Å². The van der Waals surface area contributed by atoms with Crippen LogP contribution in [0.3, 0.4) is 0 Å². The maximum Gasteiger partial charge on any atom is 0.0258 e. The summed E-state index contributed by atoms with van der Waals surface area (Å²) in [4.78, 5) is 0. The zero-order valence-electron chi connectivity index (χ0n) is 7.69. The molecule has 0 unspecified atom stereocenters. The molecule has 11 heavy (non-hydrogen) atoms. The molecule has 0 spiro atoms. The largest absolute Gasteiger partial charge is 0.386 e. The summed E-state index contributed by atoms with van der Waals surface area (Å²) >= 11 is 0. The maximum absolute atomic E-state index is 3.53. The van der Waals surface area contributed by atoms with Gasteiger partial charge in [-0.2, -0.15) is 0 Å². The summed E-state index contributed by atoms with van der Waals surface area (Å²) in [5.41, 5.74) is 1.33. The van der Waals surface area contributed by atoms with Gasteiger partial charge in [-0.1, -0.05) is 25.3 Å². The third-order valence-electron chi connectivity index (χ3n) is 2.47. The Morgan fingerprint density at radius 3 is 2.45 bits per heavy atom. The van der Waals surface area contributed by atoms with Crippen molar-refractivity contribution in [2.75, 3.05) is 0 Å². The van der Waals surface area contributed by atoms with Crippen molar-refractivity contribution < 1.29 is 0 Å². The quantitative estimate of drug-likeness (QED) is 0.643. The minimum atomic E-state index is 0.764. The van der Waals surface area contributed by atoms with Gasteiger partial charge in [-0.3, -0.25) is 0 Å². The first-order valence-electron chi connectivity index (χ1n) is 4.72. The van der Waals surface area contributed by atoms with Crippen molar-refractivity contribution >= 4 is 0 Å². The van der Waals surface area contributed by atoms with Crippen molar-refractivity contribution in [1.29, 1.82) is 0 Å². The molecule has 0 amide bonds. The van der Waals surface area contributed by atoms with Crippen molar-refractivity contribution in [2.24, 2.45) is 0 Å². The Hall–Kier alpha value is -0.460. The van der Waals surface area contributed by atoms with Crippen LogP contribution >= 0.6 is 0 Å². The zero-order valence-corrected chi connectivity index (χ0v) is 7.69. The Balaban J connectivity index is 2.24. The number of nitrogens with one attached hydrogen (secondary N) is 1. The van der Waals surface area contributed by atoms with E-state index in [9.17, 15) is 0 Å². The van der Waals surface area contributed by atoms with Crippen LogP contribution in [0.25, 0.3) is 0 Å².